The van der Waals surface area contributed by atoms with Gasteiger partial charge in [0.05, 0.1) is 0 Å². The standard InChI is InChI=1S/C18H22O2/c1-3-4-8-18-9-7-13-10-14(19)5-6-15(13)17(18)12(2)16(20)11-18/h5-6,10,19H,3-4,7-9,11H2,1-2H3. The summed E-state index contributed by atoms with van der Waals surface area (Å²) >= 11 is 0. The van der Waals surface area contributed by atoms with Crippen molar-refractivity contribution < 1.29 is 9.90 Å². The quantitative estimate of drug-likeness (QED) is 0.891. The molecule has 106 valence electrons. The molecule has 0 amide bonds. The summed E-state index contributed by atoms with van der Waals surface area (Å²) in [6.07, 6.45) is 6.16. The third-order valence-electron chi connectivity index (χ3n) is 5.06. The van der Waals surface area contributed by atoms with Crippen LogP contribution in [0.1, 0.15) is 57.1 Å². The second-order valence-electron chi connectivity index (χ2n) is 6.33. The summed E-state index contributed by atoms with van der Waals surface area (Å²) in [6, 6.07) is 5.61. The van der Waals surface area contributed by atoms with Gasteiger partial charge in [-0.2, -0.15) is 0 Å². The van der Waals surface area contributed by atoms with Gasteiger partial charge in [0.1, 0.15) is 5.75 Å². The molecular weight excluding hydrogens is 248 g/mol. The number of ketones is 1. The van der Waals surface area contributed by atoms with Crippen LogP contribution in [0, 0.1) is 5.41 Å². The van der Waals surface area contributed by atoms with Crippen LogP contribution in [0.2, 0.25) is 0 Å². The Bertz CT molecular complexity index is 597. The van der Waals surface area contributed by atoms with E-state index in [1.54, 1.807) is 6.07 Å². The van der Waals surface area contributed by atoms with E-state index >= 15 is 0 Å². The highest BCUT2D eigenvalue weighted by atomic mass is 16.3. The van der Waals surface area contributed by atoms with Crippen LogP contribution in [-0.2, 0) is 11.2 Å². The van der Waals surface area contributed by atoms with E-state index in [-0.39, 0.29) is 5.41 Å². The largest absolute Gasteiger partial charge is 0.508 e. The molecule has 0 saturated heterocycles. The number of rotatable bonds is 3. The highest BCUT2D eigenvalue weighted by molar-refractivity contribution is 6.09. The van der Waals surface area contributed by atoms with Gasteiger partial charge in [-0.05, 0) is 60.6 Å². The normalized spacial score (nSPS) is 24.8. The molecule has 1 unspecified atom stereocenters. The molecule has 1 atom stereocenters. The molecule has 0 bridgehead atoms. The van der Waals surface area contributed by atoms with Gasteiger partial charge >= 0.3 is 0 Å². The minimum atomic E-state index is 0.0706. The lowest BCUT2D eigenvalue weighted by molar-refractivity contribution is -0.116. The van der Waals surface area contributed by atoms with Gasteiger partial charge in [-0.3, -0.25) is 4.79 Å². The zero-order chi connectivity index (χ0) is 14.3. The Morgan fingerprint density at radius 3 is 2.90 bits per heavy atom. The molecule has 2 heteroatoms. The molecular formula is C18H22O2. The van der Waals surface area contributed by atoms with Gasteiger partial charge in [0.15, 0.2) is 5.78 Å². The molecule has 1 N–H and O–H groups in total. The molecule has 0 spiro atoms. The lowest BCUT2D eigenvalue weighted by Crippen LogP contribution is -2.26. The van der Waals surface area contributed by atoms with Crippen LogP contribution in [-0.4, -0.2) is 10.9 Å². The van der Waals surface area contributed by atoms with E-state index in [1.165, 1.54) is 29.5 Å². The predicted molar refractivity (Wildman–Crippen MR) is 80.6 cm³/mol. The summed E-state index contributed by atoms with van der Waals surface area (Å²) < 4.78 is 0. The maximum Gasteiger partial charge on any atom is 0.159 e. The monoisotopic (exact) mass is 270 g/mol. The fraction of sp³-hybridized carbons (Fsp3) is 0.500. The topological polar surface area (TPSA) is 37.3 Å². The van der Waals surface area contributed by atoms with Gasteiger partial charge in [0.2, 0.25) is 0 Å². The lowest BCUT2D eigenvalue weighted by atomic mass is 9.66. The molecule has 0 aliphatic heterocycles. The number of aromatic hydroxyl groups is 1. The second-order valence-corrected chi connectivity index (χ2v) is 6.33. The van der Waals surface area contributed by atoms with Crippen molar-refractivity contribution in [3.8, 4) is 5.75 Å². The van der Waals surface area contributed by atoms with E-state index in [4.69, 9.17) is 0 Å². The van der Waals surface area contributed by atoms with Crippen molar-refractivity contribution in [3.05, 3.63) is 34.9 Å². The van der Waals surface area contributed by atoms with Crippen molar-refractivity contribution in [1.29, 1.82) is 0 Å². The summed E-state index contributed by atoms with van der Waals surface area (Å²) in [5.41, 5.74) is 4.70. The zero-order valence-corrected chi connectivity index (χ0v) is 12.3. The van der Waals surface area contributed by atoms with Crippen LogP contribution in [0.25, 0.3) is 5.57 Å². The van der Waals surface area contributed by atoms with Crippen LogP contribution in [0.4, 0.5) is 0 Å². The summed E-state index contributed by atoms with van der Waals surface area (Å²) in [5.74, 6) is 0.643. The van der Waals surface area contributed by atoms with Gasteiger partial charge in [-0.25, -0.2) is 0 Å². The molecule has 2 aliphatic rings. The number of aryl methyl sites for hydroxylation is 1. The number of benzene rings is 1. The Hall–Kier alpha value is -1.57. The van der Waals surface area contributed by atoms with Crippen LogP contribution in [0.15, 0.2) is 23.8 Å². The summed E-state index contributed by atoms with van der Waals surface area (Å²) in [7, 11) is 0. The van der Waals surface area contributed by atoms with Crippen molar-refractivity contribution >= 4 is 11.4 Å². The van der Waals surface area contributed by atoms with Crippen LogP contribution < -0.4 is 0 Å². The Morgan fingerprint density at radius 1 is 1.35 bits per heavy atom. The van der Waals surface area contributed by atoms with Crippen LogP contribution in [0.5, 0.6) is 5.75 Å². The first-order chi connectivity index (χ1) is 9.57. The number of carbonyl (C=O) groups is 1. The van der Waals surface area contributed by atoms with Crippen molar-refractivity contribution in [1.82, 2.24) is 0 Å². The summed E-state index contributed by atoms with van der Waals surface area (Å²) in [6.45, 7) is 4.19. The van der Waals surface area contributed by atoms with Crippen LogP contribution >= 0.6 is 0 Å². The smallest absolute Gasteiger partial charge is 0.159 e. The van der Waals surface area contributed by atoms with E-state index in [9.17, 15) is 9.90 Å². The number of fused-ring (bicyclic) bond motifs is 3. The summed E-state index contributed by atoms with van der Waals surface area (Å²) in [5, 5.41) is 9.67. The number of Topliss-reactive ketones (excluding diaryl/α,β-unsaturated/α-hetero) is 1. The maximum absolute atomic E-state index is 12.3. The Kier molecular flexibility index (Phi) is 3.19. The first-order valence-electron chi connectivity index (χ1n) is 7.64. The SMILES string of the molecule is CCCCC12CCc3cc(O)ccc3C1=C(C)C(=O)C2. The van der Waals surface area contributed by atoms with Gasteiger partial charge in [0, 0.05) is 11.8 Å². The average molecular weight is 270 g/mol. The molecule has 1 aromatic rings. The van der Waals surface area contributed by atoms with Crippen molar-refractivity contribution in [3.63, 3.8) is 0 Å². The van der Waals surface area contributed by atoms with E-state index in [0.29, 0.717) is 18.0 Å². The van der Waals surface area contributed by atoms with E-state index < -0.39 is 0 Å². The summed E-state index contributed by atoms with van der Waals surface area (Å²) in [4.78, 5) is 12.3. The number of unbranched alkanes of at least 4 members (excludes halogenated alkanes) is 1. The van der Waals surface area contributed by atoms with Gasteiger partial charge < -0.3 is 5.11 Å². The zero-order valence-electron chi connectivity index (χ0n) is 12.3. The molecule has 2 aliphatic carbocycles. The van der Waals surface area contributed by atoms with Gasteiger partial charge in [-0.15, -0.1) is 0 Å². The number of hydrogen-bond acceptors (Lipinski definition) is 2. The first kappa shape index (κ1) is 13.4. The number of hydrogen-bond donors (Lipinski definition) is 1. The third kappa shape index (κ3) is 1.90. The predicted octanol–water partition coefficient (Wildman–Crippen LogP) is 4.26. The maximum atomic E-state index is 12.3. The Balaban J connectivity index is 2.12. The average Bonchev–Trinajstić information content (AvgIpc) is 2.69. The van der Waals surface area contributed by atoms with Gasteiger partial charge in [-0.1, -0.05) is 25.8 Å². The molecule has 1 aromatic carbocycles. The molecule has 2 nitrogen and oxygen atoms in total. The second kappa shape index (κ2) is 4.76. The van der Waals surface area contributed by atoms with Crippen LogP contribution in [0.3, 0.4) is 0 Å². The minimum Gasteiger partial charge on any atom is -0.508 e. The number of phenolic OH excluding ortho intramolecular Hbond substituents is 1. The van der Waals surface area contributed by atoms with Gasteiger partial charge in [0.25, 0.3) is 0 Å². The molecule has 20 heavy (non-hydrogen) atoms. The van der Waals surface area contributed by atoms with E-state index in [0.717, 1.165) is 24.8 Å². The number of phenols is 1. The number of carbonyl (C=O) groups excluding carboxylic acids is 1. The Labute approximate surface area is 120 Å². The highest BCUT2D eigenvalue weighted by Crippen LogP contribution is 2.56. The molecule has 0 fully saturated rings. The van der Waals surface area contributed by atoms with E-state index in [1.807, 2.05) is 19.1 Å². The van der Waals surface area contributed by atoms with Crippen molar-refractivity contribution in [2.75, 3.05) is 0 Å². The highest BCUT2D eigenvalue weighted by Gasteiger charge is 2.46. The molecule has 0 radical (unpaired) electrons. The fourth-order valence-corrected chi connectivity index (χ4v) is 4.02. The van der Waals surface area contributed by atoms with Crippen molar-refractivity contribution in [2.45, 2.75) is 52.4 Å². The number of allylic oxidation sites excluding steroid dienone is 2. The lowest BCUT2D eigenvalue weighted by Gasteiger charge is -2.37. The molecule has 0 heterocycles. The fourth-order valence-electron chi connectivity index (χ4n) is 4.02. The molecule has 0 aromatic heterocycles. The Morgan fingerprint density at radius 2 is 2.15 bits per heavy atom. The minimum absolute atomic E-state index is 0.0706. The van der Waals surface area contributed by atoms with Crippen molar-refractivity contribution in [2.24, 2.45) is 5.41 Å². The van der Waals surface area contributed by atoms with E-state index in [2.05, 4.69) is 6.92 Å². The third-order valence-corrected chi connectivity index (χ3v) is 5.06. The molecule has 0 saturated carbocycles. The first-order valence-corrected chi connectivity index (χ1v) is 7.64. The molecule has 3 rings (SSSR count).